The highest BCUT2D eigenvalue weighted by Gasteiger charge is 2.19. The van der Waals surface area contributed by atoms with Crippen molar-refractivity contribution in [3.05, 3.63) is 18.2 Å². The molecule has 1 amide bonds. The number of fused-ring (bicyclic) bond motifs is 1. The van der Waals surface area contributed by atoms with Crippen molar-refractivity contribution in [3.63, 3.8) is 0 Å². The maximum atomic E-state index is 11.1. The Morgan fingerprint density at radius 1 is 1.55 bits per heavy atom. The van der Waals surface area contributed by atoms with E-state index >= 15 is 0 Å². The van der Waals surface area contributed by atoms with Gasteiger partial charge in [-0.25, -0.2) is 4.98 Å². The fraction of sp³-hybridized carbons (Fsp3) is 0.429. The molecule has 0 saturated carbocycles. The van der Waals surface area contributed by atoms with Crippen molar-refractivity contribution in [1.29, 1.82) is 0 Å². The lowest BCUT2D eigenvalue weighted by atomic mass is 10.4. The number of carbonyl (C=O) groups is 1. The summed E-state index contributed by atoms with van der Waals surface area (Å²) in [6, 6.07) is 0. The molecule has 1 aromatic rings. The Bertz CT molecular complexity index is 292. The van der Waals surface area contributed by atoms with Crippen LogP contribution >= 0.6 is 0 Å². The van der Waals surface area contributed by atoms with Crippen LogP contribution in [-0.4, -0.2) is 27.4 Å². The maximum absolute atomic E-state index is 11.1. The van der Waals surface area contributed by atoms with Gasteiger partial charge < -0.3 is 9.47 Å². The van der Waals surface area contributed by atoms with Crippen molar-refractivity contribution in [3.8, 4) is 0 Å². The lowest BCUT2D eigenvalue weighted by Gasteiger charge is -2.23. The van der Waals surface area contributed by atoms with E-state index in [0.29, 0.717) is 13.1 Å². The van der Waals surface area contributed by atoms with Crippen LogP contribution in [0.15, 0.2) is 12.4 Å². The number of nitrogens with zero attached hydrogens (tertiary/aromatic N) is 3. The van der Waals surface area contributed by atoms with Crippen LogP contribution in [0.5, 0.6) is 0 Å². The molecule has 0 spiro atoms. The highest BCUT2D eigenvalue weighted by molar-refractivity contribution is 5.76. The fourth-order valence-electron chi connectivity index (χ4n) is 1.20. The predicted molar refractivity (Wildman–Crippen MR) is 38.7 cm³/mol. The van der Waals surface area contributed by atoms with Crippen LogP contribution in [0, 0.1) is 0 Å². The Balaban J connectivity index is 2.37. The van der Waals surface area contributed by atoms with Gasteiger partial charge in [-0.15, -0.1) is 0 Å². The number of hydrogen-bond donors (Lipinski definition) is 0. The first-order chi connectivity index (χ1) is 5.27. The van der Waals surface area contributed by atoms with Gasteiger partial charge in [0.05, 0.1) is 6.54 Å². The lowest BCUT2D eigenvalue weighted by Crippen LogP contribution is -2.35. The van der Waals surface area contributed by atoms with Crippen LogP contribution in [0.1, 0.15) is 5.82 Å². The lowest BCUT2D eigenvalue weighted by molar-refractivity contribution is -0.132. The molecule has 0 N–H and O–H groups in total. The highest BCUT2D eigenvalue weighted by Crippen LogP contribution is 2.08. The maximum Gasteiger partial charge on any atom is 0.242 e. The molecule has 0 aliphatic carbocycles. The molecule has 58 valence electrons. The summed E-state index contributed by atoms with van der Waals surface area (Å²) in [6.45, 7) is 1.07. The van der Waals surface area contributed by atoms with E-state index in [2.05, 4.69) is 4.98 Å². The van der Waals surface area contributed by atoms with E-state index < -0.39 is 0 Å². The van der Waals surface area contributed by atoms with Crippen molar-refractivity contribution in [1.82, 2.24) is 14.5 Å². The fourth-order valence-corrected chi connectivity index (χ4v) is 1.20. The van der Waals surface area contributed by atoms with Gasteiger partial charge in [0.15, 0.2) is 0 Å². The smallest absolute Gasteiger partial charge is 0.242 e. The number of amides is 1. The Morgan fingerprint density at radius 3 is 3.18 bits per heavy atom. The van der Waals surface area contributed by atoms with Crippen LogP contribution in [-0.2, 0) is 17.9 Å². The van der Waals surface area contributed by atoms with E-state index in [4.69, 9.17) is 0 Å². The number of rotatable bonds is 0. The first-order valence-corrected chi connectivity index (χ1v) is 3.51. The largest absolute Gasteiger partial charge is 0.337 e. The number of aromatic nitrogens is 2. The normalized spacial score (nSPS) is 16.8. The van der Waals surface area contributed by atoms with Gasteiger partial charge in [-0.1, -0.05) is 0 Å². The summed E-state index contributed by atoms with van der Waals surface area (Å²) < 4.78 is 1.88. The molecule has 11 heavy (non-hydrogen) atoms. The quantitative estimate of drug-likeness (QED) is 0.517. The van der Waals surface area contributed by atoms with E-state index in [9.17, 15) is 4.79 Å². The number of likely N-dealkylation sites (N-methyl/N-ethyl adjacent to an activating group) is 1. The molecule has 4 heteroatoms. The Kier molecular flexibility index (Phi) is 1.21. The summed E-state index contributed by atoms with van der Waals surface area (Å²) >= 11 is 0. The van der Waals surface area contributed by atoms with E-state index in [1.807, 2.05) is 10.8 Å². The van der Waals surface area contributed by atoms with Crippen molar-refractivity contribution in [2.24, 2.45) is 0 Å². The standard InChI is InChI=1S/C7H9N3O/c1-9-4-6-8-2-3-10(6)5-7(9)11/h2-3H,4-5H2,1H3. The summed E-state index contributed by atoms with van der Waals surface area (Å²) in [7, 11) is 1.79. The summed E-state index contributed by atoms with van der Waals surface area (Å²) in [5.41, 5.74) is 0. The summed E-state index contributed by atoms with van der Waals surface area (Å²) in [5, 5.41) is 0. The predicted octanol–water partition coefficient (Wildman–Crippen LogP) is -0.145. The minimum Gasteiger partial charge on any atom is -0.337 e. The highest BCUT2D eigenvalue weighted by atomic mass is 16.2. The second kappa shape index (κ2) is 2.08. The Hall–Kier alpha value is -1.32. The third-order valence-electron chi connectivity index (χ3n) is 1.91. The van der Waals surface area contributed by atoms with E-state index in [-0.39, 0.29) is 5.91 Å². The van der Waals surface area contributed by atoms with Crippen molar-refractivity contribution in [2.75, 3.05) is 7.05 Å². The molecule has 4 nitrogen and oxygen atoms in total. The van der Waals surface area contributed by atoms with Gasteiger partial charge in [0, 0.05) is 19.4 Å². The van der Waals surface area contributed by atoms with Crippen LogP contribution in [0.3, 0.4) is 0 Å². The van der Waals surface area contributed by atoms with Crippen molar-refractivity contribution in [2.45, 2.75) is 13.1 Å². The summed E-state index contributed by atoms with van der Waals surface area (Å²) in [4.78, 5) is 16.9. The van der Waals surface area contributed by atoms with Gasteiger partial charge >= 0.3 is 0 Å². The molecular weight excluding hydrogens is 142 g/mol. The molecule has 0 aromatic carbocycles. The monoisotopic (exact) mass is 151 g/mol. The van der Waals surface area contributed by atoms with Crippen LogP contribution in [0.25, 0.3) is 0 Å². The first-order valence-electron chi connectivity index (χ1n) is 3.51. The third kappa shape index (κ3) is 0.906. The molecule has 2 rings (SSSR count). The van der Waals surface area contributed by atoms with Gasteiger partial charge in [0.1, 0.15) is 12.4 Å². The number of hydrogen-bond acceptors (Lipinski definition) is 2. The first kappa shape index (κ1) is 6.39. The van der Waals surface area contributed by atoms with Crippen LogP contribution in [0.2, 0.25) is 0 Å². The molecule has 2 heterocycles. The topological polar surface area (TPSA) is 38.1 Å². The number of carbonyl (C=O) groups excluding carboxylic acids is 1. The third-order valence-corrected chi connectivity index (χ3v) is 1.91. The van der Waals surface area contributed by atoms with Crippen LogP contribution in [0.4, 0.5) is 0 Å². The Labute approximate surface area is 64.4 Å². The zero-order chi connectivity index (χ0) is 7.84. The van der Waals surface area contributed by atoms with Crippen LogP contribution < -0.4 is 0 Å². The zero-order valence-electron chi connectivity index (χ0n) is 6.32. The van der Waals surface area contributed by atoms with Gasteiger partial charge in [-0.05, 0) is 0 Å². The van der Waals surface area contributed by atoms with Gasteiger partial charge in [-0.2, -0.15) is 0 Å². The summed E-state index contributed by atoms with van der Waals surface area (Å²) in [5.74, 6) is 1.11. The SMILES string of the molecule is CN1Cc2nccn2CC1=O. The van der Waals surface area contributed by atoms with Crippen molar-refractivity contribution < 1.29 is 4.79 Å². The summed E-state index contributed by atoms with van der Waals surface area (Å²) in [6.07, 6.45) is 3.56. The molecule has 1 aliphatic rings. The Morgan fingerprint density at radius 2 is 2.36 bits per heavy atom. The van der Waals surface area contributed by atoms with E-state index in [1.165, 1.54) is 0 Å². The van der Waals surface area contributed by atoms with E-state index in [1.54, 1.807) is 18.1 Å². The molecule has 1 aromatic heterocycles. The average molecular weight is 151 g/mol. The van der Waals surface area contributed by atoms with Crippen molar-refractivity contribution >= 4 is 5.91 Å². The molecule has 0 bridgehead atoms. The minimum absolute atomic E-state index is 0.149. The zero-order valence-corrected chi connectivity index (χ0v) is 6.32. The molecule has 0 fully saturated rings. The number of imidazole rings is 1. The molecule has 0 radical (unpaired) electrons. The molecule has 1 aliphatic heterocycles. The second-order valence-corrected chi connectivity index (χ2v) is 2.72. The van der Waals surface area contributed by atoms with Gasteiger partial charge in [-0.3, -0.25) is 4.79 Å². The molecular formula is C7H9N3O. The molecule has 0 unspecified atom stereocenters. The average Bonchev–Trinajstić information content (AvgIpc) is 2.36. The van der Waals surface area contributed by atoms with E-state index in [0.717, 1.165) is 5.82 Å². The van der Waals surface area contributed by atoms with Gasteiger partial charge in [0.2, 0.25) is 5.91 Å². The molecule has 0 saturated heterocycles. The molecule has 0 atom stereocenters. The second-order valence-electron chi connectivity index (χ2n) is 2.72. The minimum atomic E-state index is 0.149. The van der Waals surface area contributed by atoms with Gasteiger partial charge in [0.25, 0.3) is 0 Å².